The molecule has 0 bridgehead atoms. The van der Waals surface area contributed by atoms with Gasteiger partial charge >= 0.3 is 0 Å². The van der Waals surface area contributed by atoms with Crippen LogP contribution in [0.3, 0.4) is 0 Å². The molecule has 0 unspecified atom stereocenters. The minimum absolute atomic E-state index is 0.130. The van der Waals surface area contributed by atoms with Gasteiger partial charge in [-0.2, -0.15) is 0 Å². The van der Waals surface area contributed by atoms with Crippen LogP contribution in [0.15, 0.2) is 11.4 Å². The Bertz CT molecular complexity index is 203. The summed E-state index contributed by atoms with van der Waals surface area (Å²) in [7, 11) is 0.130. The van der Waals surface area contributed by atoms with Crippen LogP contribution < -0.4 is 5.30 Å². The van der Waals surface area contributed by atoms with Crippen molar-refractivity contribution in [2.24, 2.45) is 0 Å². The molecule has 0 aliphatic heterocycles. The van der Waals surface area contributed by atoms with E-state index in [4.69, 9.17) is 0 Å². The molecule has 0 nitrogen and oxygen atoms in total. The molecule has 2 heteroatoms. The van der Waals surface area contributed by atoms with Gasteiger partial charge in [-0.15, -0.1) is 11.3 Å². The third-order valence-electron chi connectivity index (χ3n) is 1.50. The van der Waals surface area contributed by atoms with Crippen molar-refractivity contribution in [3.8, 4) is 0 Å². The maximum Gasteiger partial charge on any atom is 0.00490 e. The average Bonchev–Trinajstić information content (AvgIpc) is 2.34. The second-order valence-corrected chi connectivity index (χ2v) is 5.82. The van der Waals surface area contributed by atoms with Crippen molar-refractivity contribution in [1.82, 2.24) is 0 Å². The molecule has 0 saturated heterocycles. The Morgan fingerprint density at radius 2 is 2.20 bits per heavy atom. The van der Waals surface area contributed by atoms with E-state index in [9.17, 15) is 0 Å². The normalized spacial score (nSPS) is 10.8. The fourth-order valence-corrected chi connectivity index (χ4v) is 2.99. The van der Waals surface area contributed by atoms with Gasteiger partial charge in [-0.25, -0.2) is 0 Å². The Morgan fingerprint density at radius 3 is 2.50 bits per heavy atom. The molecule has 1 rings (SSSR count). The molecule has 0 saturated carbocycles. The summed E-state index contributed by atoms with van der Waals surface area (Å²) in [6.45, 7) is 6.82. The summed E-state index contributed by atoms with van der Waals surface area (Å²) in [4.78, 5) is 1.52. The van der Waals surface area contributed by atoms with Crippen LogP contribution in [0.4, 0.5) is 0 Å². The molecular formula is C8H13PS. The van der Waals surface area contributed by atoms with E-state index in [0.717, 1.165) is 0 Å². The van der Waals surface area contributed by atoms with Crippen molar-refractivity contribution in [3.05, 3.63) is 16.3 Å². The molecule has 0 atom stereocenters. The summed E-state index contributed by atoms with van der Waals surface area (Å²) in [5.41, 5.74) is 0. The van der Waals surface area contributed by atoms with Crippen LogP contribution in [0.25, 0.3) is 0 Å². The molecule has 0 amide bonds. The Hall–Kier alpha value is 0.130. The highest BCUT2D eigenvalue weighted by Gasteiger charge is 2.00. The third-order valence-corrected chi connectivity index (χ3v) is 4.05. The molecule has 10 heavy (non-hydrogen) atoms. The summed E-state index contributed by atoms with van der Waals surface area (Å²) >= 11 is 1.89. The minimum atomic E-state index is 0.130. The average molecular weight is 172 g/mol. The van der Waals surface area contributed by atoms with E-state index in [1.54, 1.807) is 5.30 Å². The van der Waals surface area contributed by atoms with Gasteiger partial charge in [0.1, 0.15) is 0 Å². The van der Waals surface area contributed by atoms with Gasteiger partial charge in [0.15, 0.2) is 0 Å². The van der Waals surface area contributed by atoms with Crippen molar-refractivity contribution >= 4 is 24.6 Å². The van der Waals surface area contributed by atoms with Crippen LogP contribution in [0.2, 0.25) is 0 Å². The van der Waals surface area contributed by atoms with Crippen LogP contribution >= 0.6 is 19.3 Å². The first kappa shape index (κ1) is 8.23. The molecule has 1 aromatic heterocycles. The number of hydrogen-bond donors (Lipinski definition) is 0. The van der Waals surface area contributed by atoms with Gasteiger partial charge in [0.2, 0.25) is 0 Å². The Balaban J connectivity index is 2.78. The molecule has 56 valence electrons. The van der Waals surface area contributed by atoms with Gasteiger partial charge in [-0.3, -0.25) is 0 Å². The topological polar surface area (TPSA) is 0 Å². The van der Waals surface area contributed by atoms with Crippen LogP contribution in [0.5, 0.6) is 0 Å². The van der Waals surface area contributed by atoms with Gasteiger partial charge in [-0.1, -0.05) is 14.8 Å². The zero-order valence-electron chi connectivity index (χ0n) is 6.72. The highest BCUT2D eigenvalue weighted by molar-refractivity contribution is 7.64. The van der Waals surface area contributed by atoms with Gasteiger partial charge in [-0.05, 0) is 36.5 Å². The number of rotatable bonds is 2. The summed E-state index contributed by atoms with van der Waals surface area (Å²) in [6, 6.07) is 2.34. The molecular weight excluding hydrogens is 159 g/mol. The monoisotopic (exact) mass is 172 g/mol. The van der Waals surface area contributed by atoms with Crippen molar-refractivity contribution in [2.75, 3.05) is 13.3 Å². The molecule has 0 spiro atoms. The predicted molar refractivity (Wildman–Crippen MR) is 52.1 cm³/mol. The molecule has 0 fully saturated rings. The highest BCUT2D eigenvalue weighted by atomic mass is 32.1. The van der Waals surface area contributed by atoms with Crippen LogP contribution in [-0.2, 0) is 6.42 Å². The van der Waals surface area contributed by atoms with Gasteiger partial charge in [0, 0.05) is 4.88 Å². The van der Waals surface area contributed by atoms with Gasteiger partial charge < -0.3 is 0 Å². The molecule has 0 aromatic carbocycles. The number of aryl methyl sites for hydroxylation is 1. The van der Waals surface area contributed by atoms with Crippen molar-refractivity contribution in [2.45, 2.75) is 13.3 Å². The smallest absolute Gasteiger partial charge is 0.00490 e. The first-order valence-corrected chi connectivity index (χ1v) is 6.60. The van der Waals surface area contributed by atoms with E-state index in [2.05, 4.69) is 31.7 Å². The van der Waals surface area contributed by atoms with Crippen LogP contribution in [0.1, 0.15) is 11.8 Å². The number of thiophene rings is 1. The lowest BCUT2D eigenvalue weighted by molar-refractivity contribution is 1.19. The summed E-state index contributed by atoms with van der Waals surface area (Å²) in [5, 5.41) is 3.85. The number of hydrogen-bond acceptors (Lipinski definition) is 1. The summed E-state index contributed by atoms with van der Waals surface area (Å²) in [5.74, 6) is 0. The molecule has 1 heterocycles. The minimum Gasteiger partial charge on any atom is -0.148 e. The molecule has 1 aromatic rings. The maximum atomic E-state index is 2.34. The van der Waals surface area contributed by atoms with Crippen molar-refractivity contribution < 1.29 is 0 Å². The molecule has 0 aliphatic rings. The zero-order valence-corrected chi connectivity index (χ0v) is 8.43. The molecule has 0 N–H and O–H groups in total. The predicted octanol–water partition coefficient (Wildman–Crippen LogP) is 2.68. The van der Waals surface area contributed by atoms with Crippen LogP contribution in [0, 0.1) is 0 Å². The summed E-state index contributed by atoms with van der Waals surface area (Å²) in [6.07, 6.45) is 1.19. The van der Waals surface area contributed by atoms with E-state index in [0.29, 0.717) is 0 Å². The first-order chi connectivity index (χ1) is 4.74. The quantitative estimate of drug-likeness (QED) is 0.602. The molecule has 0 radical (unpaired) electrons. The highest BCUT2D eigenvalue weighted by Crippen LogP contribution is 2.26. The summed E-state index contributed by atoms with van der Waals surface area (Å²) < 4.78 is 0. The Labute approximate surface area is 68.0 Å². The molecule has 0 aliphatic carbocycles. The first-order valence-electron chi connectivity index (χ1n) is 3.48. The van der Waals surface area contributed by atoms with Crippen molar-refractivity contribution in [3.63, 3.8) is 0 Å². The maximum absolute atomic E-state index is 2.34. The van der Waals surface area contributed by atoms with Crippen LogP contribution in [-0.4, -0.2) is 13.3 Å². The lowest BCUT2D eigenvalue weighted by Gasteiger charge is -1.98. The van der Waals surface area contributed by atoms with E-state index in [1.165, 1.54) is 11.3 Å². The lowest BCUT2D eigenvalue weighted by Crippen LogP contribution is -1.91. The Morgan fingerprint density at radius 1 is 1.50 bits per heavy atom. The Kier molecular flexibility index (Phi) is 2.88. The van der Waals surface area contributed by atoms with E-state index < -0.39 is 0 Å². The van der Waals surface area contributed by atoms with Gasteiger partial charge in [0.05, 0.1) is 0 Å². The van der Waals surface area contributed by atoms with E-state index in [1.807, 2.05) is 11.3 Å². The van der Waals surface area contributed by atoms with E-state index >= 15 is 0 Å². The third kappa shape index (κ3) is 1.81. The largest absolute Gasteiger partial charge is 0.148 e. The van der Waals surface area contributed by atoms with Gasteiger partial charge in [0.25, 0.3) is 0 Å². The van der Waals surface area contributed by atoms with Crippen molar-refractivity contribution in [1.29, 1.82) is 0 Å². The standard InChI is InChI=1S/C8H13PS/c1-4-8-5-7(6-10-8)9(2)3/h5-6H,4H2,1-3H3. The fourth-order valence-electron chi connectivity index (χ4n) is 0.789. The van der Waals surface area contributed by atoms with E-state index in [-0.39, 0.29) is 7.92 Å². The second kappa shape index (κ2) is 3.50. The fraction of sp³-hybridized carbons (Fsp3) is 0.500. The zero-order chi connectivity index (χ0) is 7.56. The second-order valence-electron chi connectivity index (χ2n) is 2.52. The SMILES string of the molecule is CCc1cc(P(C)C)cs1. The lowest BCUT2D eigenvalue weighted by atomic mass is 10.4.